The fraction of sp³-hybridized carbons (Fsp3) is 0. The number of aromatic nitrogens is 3. The number of benzene rings is 8. The van der Waals surface area contributed by atoms with Gasteiger partial charge in [-0.05, 0) is 57.6 Å². The van der Waals surface area contributed by atoms with Gasteiger partial charge in [0.25, 0.3) is 0 Å². The van der Waals surface area contributed by atoms with Gasteiger partial charge < -0.3 is 4.42 Å². The predicted molar refractivity (Wildman–Crippen MR) is 233 cm³/mol. The van der Waals surface area contributed by atoms with Crippen molar-refractivity contribution >= 4 is 53.4 Å². The number of nitrogens with zero attached hydrogens (tertiary/aromatic N) is 3. The summed E-state index contributed by atoms with van der Waals surface area (Å²) < 4.78 is 9.24. The maximum Gasteiger partial charge on any atom is 0.167 e. The molecule has 3 aromatic heterocycles. The molecule has 11 aromatic rings. The summed E-state index contributed by atoms with van der Waals surface area (Å²) in [6.45, 7) is 0. The van der Waals surface area contributed by atoms with E-state index in [1.165, 1.54) is 36.9 Å². The average Bonchev–Trinajstić information content (AvgIpc) is 3.85. The molecule has 4 nitrogen and oxygen atoms in total. The zero-order chi connectivity index (χ0) is 37.0. The van der Waals surface area contributed by atoms with E-state index < -0.39 is 0 Å². The maximum absolute atomic E-state index is 6.68. The first kappa shape index (κ1) is 32.2. The van der Waals surface area contributed by atoms with Crippen LogP contribution in [0.4, 0.5) is 0 Å². The predicted octanol–water partition coefficient (Wildman–Crippen LogP) is 14.1. The molecular weight excluding hydrogens is 703 g/mol. The third-order valence-electron chi connectivity index (χ3n) is 10.6. The van der Waals surface area contributed by atoms with E-state index in [1.54, 1.807) is 0 Å². The molecule has 0 saturated carbocycles. The van der Waals surface area contributed by atoms with Gasteiger partial charge in [0.05, 0.1) is 5.56 Å². The van der Waals surface area contributed by atoms with Crippen LogP contribution in [-0.4, -0.2) is 15.0 Å². The van der Waals surface area contributed by atoms with Crippen LogP contribution in [0.15, 0.2) is 192 Å². The molecule has 0 saturated heterocycles. The van der Waals surface area contributed by atoms with E-state index in [1.807, 2.05) is 53.8 Å². The Balaban J connectivity index is 1.03. The lowest BCUT2D eigenvalue weighted by atomic mass is 9.99. The molecule has 8 aromatic carbocycles. The first-order valence-electron chi connectivity index (χ1n) is 18.7. The summed E-state index contributed by atoms with van der Waals surface area (Å²) in [7, 11) is 0. The standard InChI is InChI=1S/C51H31N3OS/c1-4-12-32(13-5-1)34-22-24-36(25-23-34)50-52-49(35-16-8-3-9-17-35)53-51(54-50)43-21-11-19-41-44-30-38(27-29-45(44)55-47(41)43)39-18-10-20-42-40-28-26-37(31-46(40)56-48(39)42)33-14-6-2-7-15-33/h1-31H. The van der Waals surface area contributed by atoms with Gasteiger partial charge in [0.15, 0.2) is 17.5 Å². The molecule has 5 heteroatoms. The van der Waals surface area contributed by atoms with Gasteiger partial charge in [-0.2, -0.15) is 0 Å². The van der Waals surface area contributed by atoms with Gasteiger partial charge >= 0.3 is 0 Å². The second-order valence-corrected chi connectivity index (χ2v) is 15.0. The molecule has 0 aliphatic rings. The summed E-state index contributed by atoms with van der Waals surface area (Å²) in [5, 5.41) is 4.63. The average molecular weight is 734 g/mol. The van der Waals surface area contributed by atoms with Gasteiger partial charge in [0, 0.05) is 42.1 Å². The van der Waals surface area contributed by atoms with Crippen molar-refractivity contribution in [2.24, 2.45) is 0 Å². The van der Waals surface area contributed by atoms with Crippen LogP contribution in [0.1, 0.15) is 0 Å². The van der Waals surface area contributed by atoms with Crippen LogP contribution in [0.5, 0.6) is 0 Å². The molecule has 0 unspecified atom stereocenters. The molecule has 0 fully saturated rings. The number of furan rings is 1. The van der Waals surface area contributed by atoms with Crippen molar-refractivity contribution < 1.29 is 4.42 Å². The van der Waals surface area contributed by atoms with Gasteiger partial charge in [0.1, 0.15) is 11.2 Å². The largest absolute Gasteiger partial charge is 0.455 e. The highest BCUT2D eigenvalue weighted by atomic mass is 32.1. The zero-order valence-electron chi connectivity index (χ0n) is 30.1. The Morgan fingerprint density at radius 3 is 1.59 bits per heavy atom. The minimum atomic E-state index is 0.566. The molecule has 0 radical (unpaired) electrons. The Morgan fingerprint density at radius 2 is 0.875 bits per heavy atom. The molecule has 0 aliphatic heterocycles. The van der Waals surface area contributed by atoms with Gasteiger partial charge in [-0.15, -0.1) is 11.3 Å². The van der Waals surface area contributed by atoms with Crippen LogP contribution in [0, 0.1) is 0 Å². The van der Waals surface area contributed by atoms with Crippen molar-refractivity contribution in [2.45, 2.75) is 0 Å². The van der Waals surface area contributed by atoms with Crippen LogP contribution in [0.25, 0.3) is 110 Å². The lowest BCUT2D eigenvalue weighted by Gasteiger charge is -2.09. The van der Waals surface area contributed by atoms with E-state index in [0.29, 0.717) is 17.5 Å². The van der Waals surface area contributed by atoms with Crippen LogP contribution in [0.2, 0.25) is 0 Å². The summed E-state index contributed by atoms with van der Waals surface area (Å²) in [5.74, 6) is 1.78. The molecule has 0 amide bonds. The molecule has 0 atom stereocenters. The highest BCUT2D eigenvalue weighted by Gasteiger charge is 2.19. The highest BCUT2D eigenvalue weighted by molar-refractivity contribution is 7.26. The van der Waals surface area contributed by atoms with Gasteiger partial charge in [-0.1, -0.05) is 164 Å². The van der Waals surface area contributed by atoms with Crippen LogP contribution in [-0.2, 0) is 0 Å². The van der Waals surface area contributed by atoms with Crippen LogP contribution >= 0.6 is 11.3 Å². The van der Waals surface area contributed by atoms with Crippen molar-refractivity contribution in [1.82, 2.24) is 15.0 Å². The Labute approximate surface area is 327 Å². The molecular formula is C51H31N3OS. The summed E-state index contributed by atoms with van der Waals surface area (Å²) in [4.78, 5) is 15.1. The molecule has 0 spiro atoms. The Kier molecular flexibility index (Phi) is 7.64. The number of thiophene rings is 1. The SMILES string of the molecule is c1ccc(-c2ccc(-c3nc(-c4ccccc4)nc(-c4cccc5c4oc4ccc(-c6cccc7c6sc6cc(-c8ccccc8)ccc67)cc45)n3)cc2)cc1. The summed E-state index contributed by atoms with van der Waals surface area (Å²) >= 11 is 1.86. The lowest BCUT2D eigenvalue weighted by Crippen LogP contribution is -2.00. The second kappa shape index (κ2) is 13.3. The van der Waals surface area contributed by atoms with Gasteiger partial charge in [0.2, 0.25) is 0 Å². The number of fused-ring (bicyclic) bond motifs is 6. The highest BCUT2D eigenvalue weighted by Crippen LogP contribution is 2.43. The molecule has 0 bridgehead atoms. The van der Waals surface area contributed by atoms with E-state index in [2.05, 4.69) is 146 Å². The maximum atomic E-state index is 6.68. The summed E-state index contributed by atoms with van der Waals surface area (Å²) in [5.41, 5.74) is 11.4. The third kappa shape index (κ3) is 5.56. The van der Waals surface area contributed by atoms with Crippen LogP contribution in [0.3, 0.4) is 0 Å². The first-order chi connectivity index (χ1) is 27.7. The summed E-state index contributed by atoms with van der Waals surface area (Å²) in [6, 6.07) is 65.7. The van der Waals surface area contributed by atoms with E-state index in [0.717, 1.165) is 55.3 Å². The van der Waals surface area contributed by atoms with E-state index in [-0.39, 0.29) is 0 Å². The fourth-order valence-corrected chi connectivity index (χ4v) is 9.04. The normalized spacial score (nSPS) is 11.6. The van der Waals surface area contributed by atoms with Crippen molar-refractivity contribution in [3.05, 3.63) is 188 Å². The van der Waals surface area contributed by atoms with Gasteiger partial charge in [-0.3, -0.25) is 0 Å². The van der Waals surface area contributed by atoms with Crippen molar-refractivity contribution in [1.29, 1.82) is 0 Å². The Morgan fingerprint density at radius 1 is 0.339 bits per heavy atom. The quantitative estimate of drug-likeness (QED) is 0.171. The topological polar surface area (TPSA) is 51.8 Å². The number of hydrogen-bond donors (Lipinski definition) is 0. The van der Waals surface area contributed by atoms with Crippen molar-refractivity contribution in [3.63, 3.8) is 0 Å². The molecule has 56 heavy (non-hydrogen) atoms. The minimum absolute atomic E-state index is 0.566. The number of rotatable bonds is 6. The smallest absolute Gasteiger partial charge is 0.167 e. The van der Waals surface area contributed by atoms with E-state index >= 15 is 0 Å². The van der Waals surface area contributed by atoms with Crippen LogP contribution < -0.4 is 0 Å². The minimum Gasteiger partial charge on any atom is -0.455 e. The molecule has 0 aliphatic carbocycles. The zero-order valence-corrected chi connectivity index (χ0v) is 30.9. The molecule has 3 heterocycles. The number of para-hydroxylation sites is 1. The fourth-order valence-electron chi connectivity index (χ4n) is 7.76. The van der Waals surface area contributed by atoms with Gasteiger partial charge in [-0.25, -0.2) is 15.0 Å². The molecule has 0 N–H and O–H groups in total. The lowest BCUT2D eigenvalue weighted by molar-refractivity contribution is 0.669. The van der Waals surface area contributed by atoms with Crippen molar-refractivity contribution in [2.75, 3.05) is 0 Å². The Bertz CT molecular complexity index is 3230. The van der Waals surface area contributed by atoms with E-state index in [9.17, 15) is 0 Å². The number of hydrogen-bond acceptors (Lipinski definition) is 5. The monoisotopic (exact) mass is 733 g/mol. The first-order valence-corrected chi connectivity index (χ1v) is 19.5. The van der Waals surface area contributed by atoms with E-state index in [4.69, 9.17) is 19.4 Å². The molecule has 262 valence electrons. The third-order valence-corrected chi connectivity index (χ3v) is 11.8. The second-order valence-electron chi connectivity index (χ2n) is 14.0. The van der Waals surface area contributed by atoms with Crippen molar-refractivity contribution in [3.8, 4) is 67.5 Å². The summed E-state index contributed by atoms with van der Waals surface area (Å²) in [6.07, 6.45) is 0. The Hall–Kier alpha value is -7.21. The molecule has 11 rings (SSSR count).